The molecule has 0 saturated heterocycles. The Morgan fingerprint density at radius 1 is 1.06 bits per heavy atom. The Balaban J connectivity index is 2.17. The molecule has 0 aliphatic rings. The number of nitrogens with one attached hydrogen (secondary N) is 2. The van der Waals surface area contributed by atoms with E-state index < -0.39 is 18.1 Å². The smallest absolute Gasteiger partial charge is 0.469 e. The van der Waals surface area contributed by atoms with Crippen LogP contribution in [0.15, 0.2) is 48.5 Å². The molecule has 0 aromatic heterocycles. The second kappa shape index (κ2) is 10.1. The van der Waals surface area contributed by atoms with Crippen molar-refractivity contribution < 1.29 is 32.3 Å². The number of esters is 1. The van der Waals surface area contributed by atoms with Crippen molar-refractivity contribution >= 4 is 29.3 Å². The van der Waals surface area contributed by atoms with E-state index in [-0.39, 0.29) is 29.3 Å². The van der Waals surface area contributed by atoms with Gasteiger partial charge in [-0.05, 0) is 48.4 Å². The number of halogens is 3. The molecular formula is C20H17F3N4O4. The molecule has 0 unspecified atom stereocenters. The first kappa shape index (κ1) is 23.2. The number of methoxy groups -OCH3 is 1. The number of aryl methyl sites for hydroxylation is 1. The molecule has 0 heterocycles. The van der Waals surface area contributed by atoms with E-state index in [0.29, 0.717) is 11.4 Å². The van der Waals surface area contributed by atoms with Crippen LogP contribution in [0, 0.1) is 11.3 Å². The molecule has 2 N–H and O–H groups in total. The fourth-order valence-electron chi connectivity index (χ4n) is 2.37. The van der Waals surface area contributed by atoms with Crippen LogP contribution in [0.2, 0.25) is 0 Å². The number of anilines is 2. The summed E-state index contributed by atoms with van der Waals surface area (Å²) in [5.41, 5.74) is 2.65. The Bertz CT molecular complexity index is 983. The highest BCUT2D eigenvalue weighted by atomic mass is 19.4. The molecule has 0 atom stereocenters. The zero-order valence-corrected chi connectivity index (χ0v) is 16.2. The van der Waals surface area contributed by atoms with Gasteiger partial charge in [-0.1, -0.05) is 12.1 Å². The lowest BCUT2D eigenvalue weighted by Gasteiger charge is -2.24. The summed E-state index contributed by atoms with van der Waals surface area (Å²) in [5.74, 6) is -2.72. The van der Waals surface area contributed by atoms with Crippen molar-refractivity contribution in [2.45, 2.75) is 19.0 Å². The minimum Gasteiger partial charge on any atom is -0.469 e. The van der Waals surface area contributed by atoms with Crippen LogP contribution < -0.4 is 15.8 Å². The fraction of sp³-hybridized carbons (Fsp3) is 0.200. The molecule has 11 heteroatoms. The molecule has 3 amide bonds. The van der Waals surface area contributed by atoms with Crippen LogP contribution >= 0.6 is 0 Å². The van der Waals surface area contributed by atoms with Crippen molar-refractivity contribution in [1.29, 1.82) is 5.26 Å². The first-order chi connectivity index (χ1) is 14.6. The first-order valence-electron chi connectivity index (χ1n) is 8.79. The van der Waals surface area contributed by atoms with Crippen LogP contribution in [0.3, 0.4) is 0 Å². The molecule has 2 rings (SSSR count). The zero-order chi connectivity index (χ0) is 23.0. The maximum Gasteiger partial charge on any atom is 0.472 e. The molecule has 2 aromatic carbocycles. The number of carbonyl (C=O) groups excluding carboxylic acids is 3. The minimum atomic E-state index is -5.22. The average molecular weight is 434 g/mol. The van der Waals surface area contributed by atoms with E-state index in [1.165, 1.54) is 48.9 Å². The van der Waals surface area contributed by atoms with Crippen LogP contribution in [0.1, 0.15) is 17.5 Å². The van der Waals surface area contributed by atoms with Gasteiger partial charge < -0.3 is 10.1 Å². The topological polar surface area (TPSA) is 112 Å². The number of urea groups is 1. The van der Waals surface area contributed by atoms with Crippen LogP contribution in [0.4, 0.5) is 29.3 Å². The van der Waals surface area contributed by atoms with Gasteiger partial charge in [0.25, 0.3) is 0 Å². The number of nitriles is 1. The van der Waals surface area contributed by atoms with Gasteiger partial charge in [-0.2, -0.15) is 18.4 Å². The van der Waals surface area contributed by atoms with Crippen molar-refractivity contribution in [2.24, 2.45) is 0 Å². The number of nitrogens with zero attached hydrogens (tertiary/aromatic N) is 2. The van der Waals surface area contributed by atoms with E-state index in [1.807, 2.05) is 6.07 Å². The lowest BCUT2D eigenvalue weighted by Crippen LogP contribution is -2.52. The summed E-state index contributed by atoms with van der Waals surface area (Å²) < 4.78 is 42.6. The quantitative estimate of drug-likeness (QED) is 0.554. The third-order valence-electron chi connectivity index (χ3n) is 3.98. The summed E-state index contributed by atoms with van der Waals surface area (Å²) in [6.07, 6.45) is -4.65. The van der Waals surface area contributed by atoms with Crippen LogP contribution in [-0.2, 0) is 20.7 Å². The van der Waals surface area contributed by atoms with Crippen LogP contribution in [0.5, 0.6) is 0 Å². The molecule has 2 aromatic rings. The number of hydrazine groups is 1. The molecule has 0 radical (unpaired) electrons. The number of rotatable bonds is 5. The molecule has 0 aliphatic heterocycles. The molecule has 8 nitrogen and oxygen atoms in total. The number of hydrogen-bond donors (Lipinski definition) is 2. The highest BCUT2D eigenvalue weighted by molar-refractivity contribution is 6.03. The first-order valence-corrected chi connectivity index (χ1v) is 8.79. The fourth-order valence-corrected chi connectivity index (χ4v) is 2.37. The summed E-state index contributed by atoms with van der Waals surface area (Å²) >= 11 is 0. The Morgan fingerprint density at radius 2 is 1.68 bits per heavy atom. The van der Waals surface area contributed by atoms with E-state index in [0.717, 1.165) is 5.56 Å². The number of amides is 3. The Kier molecular flexibility index (Phi) is 7.57. The van der Waals surface area contributed by atoms with Crippen molar-refractivity contribution in [3.05, 3.63) is 59.7 Å². The molecule has 162 valence electrons. The highest BCUT2D eigenvalue weighted by Crippen LogP contribution is 2.19. The van der Waals surface area contributed by atoms with E-state index in [9.17, 15) is 27.6 Å². The lowest BCUT2D eigenvalue weighted by atomic mass is 10.1. The Morgan fingerprint density at radius 3 is 2.19 bits per heavy atom. The standard InChI is InChI=1S/C20H17F3N4O4/c1-31-17(28)11-6-13-2-7-15(8-3-13)25-19(30)27(26-18(29)20(21,22)23)16-9-4-14(12-24)5-10-16/h2-5,7-10H,6,11H2,1H3,(H,25,30)(H,26,29). The van der Waals surface area contributed by atoms with Gasteiger partial charge >= 0.3 is 24.1 Å². The third kappa shape index (κ3) is 6.74. The number of hydrogen-bond acceptors (Lipinski definition) is 5. The number of benzene rings is 2. The molecule has 0 saturated carbocycles. The van der Waals surface area contributed by atoms with Crippen molar-refractivity contribution in [2.75, 3.05) is 17.4 Å². The van der Waals surface area contributed by atoms with Crippen LogP contribution in [-0.4, -0.2) is 31.2 Å². The summed E-state index contributed by atoms with van der Waals surface area (Å²) in [4.78, 5) is 35.1. The van der Waals surface area contributed by atoms with Gasteiger partial charge in [0.05, 0.1) is 24.4 Å². The van der Waals surface area contributed by atoms with Crippen molar-refractivity contribution in [3.8, 4) is 6.07 Å². The normalized spacial score (nSPS) is 10.5. The number of alkyl halides is 3. The van der Waals surface area contributed by atoms with Gasteiger partial charge in [0.15, 0.2) is 0 Å². The summed E-state index contributed by atoms with van der Waals surface area (Å²) in [6.45, 7) is 0. The number of ether oxygens (including phenoxy) is 1. The third-order valence-corrected chi connectivity index (χ3v) is 3.98. The SMILES string of the molecule is COC(=O)CCc1ccc(NC(=O)N(NC(=O)C(F)(F)F)c2ccc(C#N)cc2)cc1. The van der Waals surface area contributed by atoms with Gasteiger partial charge in [0.2, 0.25) is 0 Å². The monoisotopic (exact) mass is 434 g/mol. The van der Waals surface area contributed by atoms with Gasteiger partial charge in [-0.15, -0.1) is 0 Å². The van der Waals surface area contributed by atoms with Gasteiger partial charge in [0.1, 0.15) is 0 Å². The van der Waals surface area contributed by atoms with Gasteiger partial charge in [-0.25, -0.2) is 9.80 Å². The maximum absolute atomic E-state index is 12.7. The van der Waals surface area contributed by atoms with E-state index in [4.69, 9.17) is 5.26 Å². The largest absolute Gasteiger partial charge is 0.472 e. The van der Waals surface area contributed by atoms with Crippen molar-refractivity contribution in [1.82, 2.24) is 5.43 Å². The lowest BCUT2D eigenvalue weighted by molar-refractivity contribution is -0.173. The van der Waals surface area contributed by atoms with Crippen molar-refractivity contribution in [3.63, 3.8) is 0 Å². The maximum atomic E-state index is 12.7. The van der Waals surface area contributed by atoms with E-state index in [1.54, 1.807) is 12.1 Å². The van der Waals surface area contributed by atoms with Crippen LogP contribution in [0.25, 0.3) is 0 Å². The average Bonchev–Trinajstić information content (AvgIpc) is 2.75. The van der Waals surface area contributed by atoms with E-state index in [2.05, 4.69) is 10.1 Å². The molecule has 0 spiro atoms. The van der Waals surface area contributed by atoms with Gasteiger partial charge in [0, 0.05) is 12.1 Å². The Hall–Kier alpha value is -4.07. The number of carbonyl (C=O) groups is 3. The predicted molar refractivity (Wildman–Crippen MR) is 104 cm³/mol. The predicted octanol–water partition coefficient (Wildman–Crippen LogP) is 3.30. The van der Waals surface area contributed by atoms with Gasteiger partial charge in [-0.3, -0.25) is 15.0 Å². The van der Waals surface area contributed by atoms with E-state index >= 15 is 0 Å². The molecule has 0 bridgehead atoms. The molecular weight excluding hydrogens is 417 g/mol. The second-order valence-electron chi connectivity index (χ2n) is 6.14. The molecule has 31 heavy (non-hydrogen) atoms. The summed E-state index contributed by atoms with van der Waals surface area (Å²) in [6, 6.07) is 12.0. The second-order valence-corrected chi connectivity index (χ2v) is 6.14. The summed E-state index contributed by atoms with van der Waals surface area (Å²) in [5, 5.41) is 11.6. The summed E-state index contributed by atoms with van der Waals surface area (Å²) in [7, 11) is 1.28. The Labute approximate surface area is 175 Å². The highest BCUT2D eigenvalue weighted by Gasteiger charge is 2.40. The molecule has 0 fully saturated rings. The minimum absolute atomic E-state index is 0.0937. The zero-order valence-electron chi connectivity index (χ0n) is 16.2. The molecule has 0 aliphatic carbocycles.